The number of hydrogen-bond donors (Lipinski definition) is 2. The number of nitrogens with two attached hydrogens (primary N) is 1. The Balaban J connectivity index is 1.81. The quantitative estimate of drug-likeness (QED) is 0.640. The second-order valence-corrected chi connectivity index (χ2v) is 5.94. The highest BCUT2D eigenvalue weighted by Crippen LogP contribution is 2.22. The molecule has 0 saturated heterocycles. The summed E-state index contributed by atoms with van der Waals surface area (Å²) < 4.78 is 12.9. The first-order valence-electron chi connectivity index (χ1n) is 6.28. The highest BCUT2D eigenvalue weighted by atomic mass is 35.5. The Morgan fingerprint density at radius 3 is 2.62 bits per heavy atom. The number of benzene rings is 2. The molecule has 0 spiro atoms. The molecule has 0 saturated carbocycles. The van der Waals surface area contributed by atoms with E-state index in [1.54, 1.807) is 11.8 Å². The van der Waals surface area contributed by atoms with E-state index < -0.39 is 5.82 Å². The molecular formula is C15H14ClFN2OS. The van der Waals surface area contributed by atoms with Crippen molar-refractivity contribution < 1.29 is 9.18 Å². The van der Waals surface area contributed by atoms with Gasteiger partial charge in [0.2, 0.25) is 5.91 Å². The van der Waals surface area contributed by atoms with E-state index >= 15 is 0 Å². The summed E-state index contributed by atoms with van der Waals surface area (Å²) in [6, 6.07) is 11.3. The molecule has 3 nitrogen and oxygen atoms in total. The van der Waals surface area contributed by atoms with Crippen LogP contribution >= 0.6 is 23.4 Å². The van der Waals surface area contributed by atoms with Crippen molar-refractivity contribution in [2.24, 2.45) is 0 Å². The van der Waals surface area contributed by atoms with Gasteiger partial charge in [-0.05, 0) is 42.5 Å². The summed E-state index contributed by atoms with van der Waals surface area (Å²) in [5.41, 5.74) is 6.28. The van der Waals surface area contributed by atoms with Crippen LogP contribution in [0.2, 0.25) is 5.02 Å². The van der Waals surface area contributed by atoms with Crippen molar-refractivity contribution in [3.8, 4) is 0 Å². The fraction of sp³-hybridized carbons (Fsp3) is 0.133. The van der Waals surface area contributed by atoms with Crippen molar-refractivity contribution in [2.75, 3.05) is 16.8 Å². The first-order chi connectivity index (χ1) is 10.0. The summed E-state index contributed by atoms with van der Waals surface area (Å²) in [5, 5.41) is 3.35. The van der Waals surface area contributed by atoms with Gasteiger partial charge in [-0.2, -0.15) is 0 Å². The summed E-state index contributed by atoms with van der Waals surface area (Å²) in [6.45, 7) is 0. The third-order valence-corrected chi connectivity index (χ3v) is 3.96. The third kappa shape index (κ3) is 4.95. The molecule has 0 aliphatic carbocycles. The smallest absolute Gasteiger partial charge is 0.225 e. The van der Waals surface area contributed by atoms with Crippen molar-refractivity contribution in [1.82, 2.24) is 0 Å². The Labute approximate surface area is 131 Å². The Kier molecular flexibility index (Phi) is 5.47. The molecular weight excluding hydrogens is 311 g/mol. The predicted octanol–water partition coefficient (Wildman–Crippen LogP) is 4.18. The van der Waals surface area contributed by atoms with Crippen LogP contribution < -0.4 is 11.1 Å². The predicted molar refractivity (Wildman–Crippen MR) is 86.2 cm³/mol. The molecule has 0 aromatic heterocycles. The number of nitrogen functional groups attached to an aromatic ring is 1. The topological polar surface area (TPSA) is 55.1 Å². The second-order valence-electron chi connectivity index (χ2n) is 4.33. The van der Waals surface area contributed by atoms with E-state index in [9.17, 15) is 9.18 Å². The van der Waals surface area contributed by atoms with E-state index in [4.69, 9.17) is 17.3 Å². The van der Waals surface area contributed by atoms with E-state index in [-0.39, 0.29) is 11.6 Å². The lowest BCUT2D eigenvalue weighted by Gasteiger charge is -2.08. The minimum absolute atomic E-state index is 0.158. The Morgan fingerprint density at radius 2 is 1.95 bits per heavy atom. The van der Waals surface area contributed by atoms with E-state index in [0.29, 0.717) is 22.9 Å². The van der Waals surface area contributed by atoms with Gasteiger partial charge in [0.05, 0.1) is 11.4 Å². The zero-order valence-corrected chi connectivity index (χ0v) is 12.7. The van der Waals surface area contributed by atoms with Gasteiger partial charge in [-0.25, -0.2) is 4.39 Å². The average molecular weight is 325 g/mol. The molecule has 0 aliphatic heterocycles. The summed E-state index contributed by atoms with van der Waals surface area (Å²) in [7, 11) is 0. The summed E-state index contributed by atoms with van der Waals surface area (Å²) in [4.78, 5) is 12.8. The largest absolute Gasteiger partial charge is 0.397 e. The van der Waals surface area contributed by atoms with E-state index in [0.717, 1.165) is 4.90 Å². The van der Waals surface area contributed by atoms with Gasteiger partial charge in [0, 0.05) is 22.1 Å². The fourth-order valence-corrected chi connectivity index (χ4v) is 2.63. The number of halogens is 2. The number of carbonyl (C=O) groups is 1. The van der Waals surface area contributed by atoms with Crippen LogP contribution in [-0.2, 0) is 4.79 Å². The zero-order valence-electron chi connectivity index (χ0n) is 11.1. The third-order valence-electron chi connectivity index (χ3n) is 2.70. The van der Waals surface area contributed by atoms with Crippen LogP contribution in [0.3, 0.4) is 0 Å². The maximum absolute atomic E-state index is 12.9. The molecule has 2 rings (SSSR count). The Hall–Kier alpha value is -1.72. The van der Waals surface area contributed by atoms with E-state index in [1.165, 1.54) is 18.2 Å². The maximum Gasteiger partial charge on any atom is 0.225 e. The number of carbonyl (C=O) groups excluding carboxylic acids is 1. The molecule has 6 heteroatoms. The lowest BCUT2D eigenvalue weighted by atomic mass is 10.2. The monoisotopic (exact) mass is 324 g/mol. The normalized spacial score (nSPS) is 10.4. The van der Waals surface area contributed by atoms with Crippen LogP contribution in [0.4, 0.5) is 15.8 Å². The Morgan fingerprint density at radius 1 is 1.24 bits per heavy atom. The number of hydrogen-bond acceptors (Lipinski definition) is 3. The van der Waals surface area contributed by atoms with Crippen LogP contribution in [0.25, 0.3) is 0 Å². The minimum Gasteiger partial charge on any atom is -0.397 e. The van der Waals surface area contributed by atoms with Crippen LogP contribution in [0, 0.1) is 5.82 Å². The molecule has 0 aliphatic rings. The highest BCUT2D eigenvalue weighted by Gasteiger charge is 2.06. The van der Waals surface area contributed by atoms with Crippen molar-refractivity contribution in [3.63, 3.8) is 0 Å². The van der Waals surface area contributed by atoms with Gasteiger partial charge < -0.3 is 11.1 Å². The molecule has 3 N–H and O–H groups in total. The first kappa shape index (κ1) is 15.7. The molecule has 0 fully saturated rings. The molecule has 2 aromatic carbocycles. The number of thioether (sulfide) groups is 1. The summed E-state index contributed by atoms with van der Waals surface area (Å²) in [6.07, 6.45) is 0.337. The average Bonchev–Trinajstić information content (AvgIpc) is 2.44. The van der Waals surface area contributed by atoms with Gasteiger partial charge >= 0.3 is 0 Å². The van der Waals surface area contributed by atoms with E-state index in [1.807, 2.05) is 24.3 Å². The SMILES string of the molecule is Nc1cc(F)ccc1NC(=O)CCSc1ccc(Cl)cc1. The lowest BCUT2D eigenvalue weighted by Crippen LogP contribution is -2.13. The van der Waals surface area contributed by atoms with Crippen molar-refractivity contribution in [3.05, 3.63) is 53.3 Å². The number of anilines is 2. The van der Waals surface area contributed by atoms with Crippen LogP contribution in [0.5, 0.6) is 0 Å². The molecule has 0 unspecified atom stereocenters. The van der Waals surface area contributed by atoms with Crippen LogP contribution in [0.1, 0.15) is 6.42 Å². The minimum atomic E-state index is -0.427. The molecule has 1 amide bonds. The Bertz CT molecular complexity index is 634. The zero-order chi connectivity index (χ0) is 15.2. The van der Waals surface area contributed by atoms with Crippen molar-refractivity contribution in [1.29, 1.82) is 0 Å². The molecule has 110 valence electrons. The van der Waals surface area contributed by atoms with Crippen LogP contribution in [-0.4, -0.2) is 11.7 Å². The van der Waals surface area contributed by atoms with Gasteiger partial charge in [0.25, 0.3) is 0 Å². The summed E-state index contributed by atoms with van der Waals surface area (Å²) >= 11 is 7.36. The van der Waals surface area contributed by atoms with Gasteiger partial charge in [0.1, 0.15) is 5.82 Å². The van der Waals surface area contributed by atoms with Gasteiger partial charge in [-0.1, -0.05) is 11.6 Å². The van der Waals surface area contributed by atoms with E-state index in [2.05, 4.69) is 5.32 Å². The maximum atomic E-state index is 12.9. The lowest BCUT2D eigenvalue weighted by molar-refractivity contribution is -0.115. The highest BCUT2D eigenvalue weighted by molar-refractivity contribution is 7.99. The molecule has 0 atom stereocenters. The molecule has 0 radical (unpaired) electrons. The summed E-state index contributed by atoms with van der Waals surface area (Å²) in [5.74, 6) is 0.0488. The number of amides is 1. The number of nitrogens with one attached hydrogen (secondary N) is 1. The standard InChI is InChI=1S/C15H14ClFN2OS/c16-10-1-4-12(5-2-10)21-8-7-15(20)19-14-6-3-11(17)9-13(14)18/h1-6,9H,7-8,18H2,(H,19,20). The van der Waals surface area contributed by atoms with Crippen molar-refractivity contribution >= 4 is 40.6 Å². The first-order valence-corrected chi connectivity index (χ1v) is 7.64. The molecule has 21 heavy (non-hydrogen) atoms. The van der Waals surface area contributed by atoms with Gasteiger partial charge in [-0.3, -0.25) is 4.79 Å². The van der Waals surface area contributed by atoms with Gasteiger partial charge in [0.15, 0.2) is 0 Å². The second kappa shape index (κ2) is 7.33. The molecule has 2 aromatic rings. The number of rotatable bonds is 5. The molecule has 0 bridgehead atoms. The van der Waals surface area contributed by atoms with Gasteiger partial charge in [-0.15, -0.1) is 11.8 Å². The fourth-order valence-electron chi connectivity index (χ4n) is 1.65. The molecule has 0 heterocycles. The van der Waals surface area contributed by atoms with Crippen LogP contribution in [0.15, 0.2) is 47.4 Å². The van der Waals surface area contributed by atoms with Crippen molar-refractivity contribution in [2.45, 2.75) is 11.3 Å².